The third-order valence-electron chi connectivity index (χ3n) is 6.18. The minimum absolute atomic E-state index is 1.06. The van der Waals surface area contributed by atoms with Crippen LogP contribution in [0.2, 0.25) is 0 Å². The highest BCUT2D eigenvalue weighted by Gasteiger charge is 2.20. The van der Waals surface area contributed by atoms with Gasteiger partial charge in [-0.1, -0.05) is 42.0 Å². The van der Waals surface area contributed by atoms with Crippen molar-refractivity contribution in [3.8, 4) is 0 Å². The van der Waals surface area contributed by atoms with Gasteiger partial charge < -0.3 is 9.47 Å². The molecular weight excluding hydrogens is 366 g/mol. The number of aromatic nitrogens is 2. The van der Waals surface area contributed by atoms with Crippen LogP contribution in [0.15, 0.2) is 73.1 Å². The molecule has 1 aliphatic rings. The standard InChI is InChI=1S/C27H27N3/c1-20-8-9-26-24(18-20)23-12-16-29(2)17-13-27(23)30(26)19-25(21-6-4-3-5-7-21)22-10-14-28-15-11-22/h3-11,14-15,18-19H,12-13,16-17H2,1-2H3/b25-19+. The van der Waals surface area contributed by atoms with Crippen molar-refractivity contribution >= 4 is 22.7 Å². The van der Waals surface area contributed by atoms with Crippen LogP contribution < -0.4 is 0 Å². The molecule has 5 rings (SSSR count). The third-order valence-corrected chi connectivity index (χ3v) is 6.18. The summed E-state index contributed by atoms with van der Waals surface area (Å²) in [6.45, 7) is 4.39. The fourth-order valence-corrected chi connectivity index (χ4v) is 4.55. The summed E-state index contributed by atoms with van der Waals surface area (Å²) in [5.74, 6) is 0. The number of aryl methyl sites for hydroxylation is 1. The van der Waals surface area contributed by atoms with E-state index in [0.29, 0.717) is 0 Å². The van der Waals surface area contributed by atoms with Crippen LogP contribution in [0.4, 0.5) is 0 Å². The Bertz CT molecular complexity index is 1160. The normalized spacial score (nSPS) is 15.2. The lowest BCUT2D eigenvalue weighted by atomic mass is 10.00. The molecule has 30 heavy (non-hydrogen) atoms. The molecule has 0 radical (unpaired) electrons. The average molecular weight is 394 g/mol. The van der Waals surface area contributed by atoms with Crippen LogP contribution in [-0.2, 0) is 12.8 Å². The molecule has 0 amide bonds. The lowest BCUT2D eigenvalue weighted by Crippen LogP contribution is -2.21. The van der Waals surface area contributed by atoms with Gasteiger partial charge in [0.1, 0.15) is 0 Å². The van der Waals surface area contributed by atoms with Gasteiger partial charge in [0.15, 0.2) is 0 Å². The molecule has 0 fully saturated rings. The predicted molar refractivity (Wildman–Crippen MR) is 126 cm³/mol. The van der Waals surface area contributed by atoms with E-state index in [4.69, 9.17) is 0 Å². The minimum atomic E-state index is 1.06. The molecule has 3 heterocycles. The van der Waals surface area contributed by atoms with Gasteiger partial charge in [-0.15, -0.1) is 0 Å². The first-order chi connectivity index (χ1) is 14.7. The van der Waals surface area contributed by atoms with E-state index >= 15 is 0 Å². The molecule has 3 heteroatoms. The first-order valence-electron chi connectivity index (χ1n) is 10.7. The third kappa shape index (κ3) is 3.46. The highest BCUT2D eigenvalue weighted by atomic mass is 15.1. The first-order valence-corrected chi connectivity index (χ1v) is 10.7. The summed E-state index contributed by atoms with van der Waals surface area (Å²) in [6, 6.07) is 21.7. The van der Waals surface area contributed by atoms with Gasteiger partial charge in [-0.05, 0) is 61.3 Å². The molecule has 0 bridgehead atoms. The van der Waals surface area contributed by atoms with Gasteiger partial charge in [-0.3, -0.25) is 4.98 Å². The number of fused-ring (bicyclic) bond motifs is 3. The lowest BCUT2D eigenvalue weighted by molar-refractivity contribution is 0.351. The van der Waals surface area contributed by atoms with Gasteiger partial charge in [0.05, 0.1) is 5.52 Å². The summed E-state index contributed by atoms with van der Waals surface area (Å²) in [4.78, 5) is 6.67. The molecule has 0 spiro atoms. The van der Waals surface area contributed by atoms with Crippen LogP contribution >= 0.6 is 0 Å². The van der Waals surface area contributed by atoms with E-state index < -0.39 is 0 Å². The summed E-state index contributed by atoms with van der Waals surface area (Å²) in [5.41, 5.74) is 9.20. The predicted octanol–water partition coefficient (Wildman–Crippen LogP) is 5.42. The molecule has 0 unspecified atom stereocenters. The Morgan fingerprint density at radius 3 is 2.43 bits per heavy atom. The lowest BCUT2D eigenvalue weighted by Gasteiger charge is -2.14. The van der Waals surface area contributed by atoms with E-state index in [1.807, 2.05) is 12.4 Å². The van der Waals surface area contributed by atoms with E-state index in [9.17, 15) is 0 Å². The molecule has 0 saturated heterocycles. The van der Waals surface area contributed by atoms with Crippen molar-refractivity contribution in [3.63, 3.8) is 0 Å². The number of hydrogen-bond acceptors (Lipinski definition) is 2. The SMILES string of the molecule is Cc1ccc2c(c1)c1c(n2/C=C(\c2ccccc2)c2ccncc2)CCN(C)CC1. The Morgan fingerprint density at radius 2 is 1.63 bits per heavy atom. The topological polar surface area (TPSA) is 21.1 Å². The smallest absolute Gasteiger partial charge is 0.0528 e. The van der Waals surface area contributed by atoms with Gasteiger partial charge in [-0.25, -0.2) is 0 Å². The van der Waals surface area contributed by atoms with Crippen molar-refractivity contribution in [1.82, 2.24) is 14.5 Å². The van der Waals surface area contributed by atoms with Crippen molar-refractivity contribution < 1.29 is 0 Å². The number of hydrogen-bond donors (Lipinski definition) is 0. The highest BCUT2D eigenvalue weighted by molar-refractivity contribution is 5.93. The molecule has 4 aromatic rings. The van der Waals surface area contributed by atoms with Crippen LogP contribution in [0.1, 0.15) is 27.9 Å². The van der Waals surface area contributed by atoms with Crippen LogP contribution in [0.3, 0.4) is 0 Å². The average Bonchev–Trinajstić information content (AvgIpc) is 2.92. The second kappa shape index (κ2) is 7.92. The van der Waals surface area contributed by atoms with E-state index in [-0.39, 0.29) is 0 Å². The molecular formula is C27H27N3. The number of nitrogens with zero attached hydrogens (tertiary/aromatic N) is 3. The first kappa shape index (κ1) is 18.8. The van der Waals surface area contributed by atoms with Gasteiger partial charge in [0, 0.05) is 54.8 Å². The summed E-state index contributed by atoms with van der Waals surface area (Å²) < 4.78 is 2.45. The highest BCUT2D eigenvalue weighted by Crippen LogP contribution is 2.33. The minimum Gasteiger partial charge on any atom is -0.319 e. The van der Waals surface area contributed by atoms with Gasteiger partial charge in [0.2, 0.25) is 0 Å². The molecule has 150 valence electrons. The fourth-order valence-electron chi connectivity index (χ4n) is 4.55. The Hall–Kier alpha value is -3.17. The second-order valence-corrected chi connectivity index (χ2v) is 8.26. The van der Waals surface area contributed by atoms with Crippen molar-refractivity contribution in [1.29, 1.82) is 0 Å². The monoisotopic (exact) mass is 393 g/mol. The Labute approximate surface area is 178 Å². The zero-order valence-corrected chi connectivity index (χ0v) is 17.7. The maximum atomic E-state index is 4.23. The summed E-state index contributed by atoms with van der Waals surface area (Å²) in [5, 5.41) is 1.40. The van der Waals surface area contributed by atoms with Crippen molar-refractivity contribution in [2.45, 2.75) is 19.8 Å². The van der Waals surface area contributed by atoms with Gasteiger partial charge >= 0.3 is 0 Å². The Kier molecular flexibility index (Phi) is 4.97. The molecule has 0 saturated carbocycles. The molecule has 3 nitrogen and oxygen atoms in total. The largest absolute Gasteiger partial charge is 0.319 e. The number of pyridine rings is 1. The maximum Gasteiger partial charge on any atom is 0.0528 e. The van der Waals surface area contributed by atoms with Crippen LogP contribution in [0.5, 0.6) is 0 Å². The summed E-state index contributed by atoms with van der Waals surface area (Å²) in [7, 11) is 2.23. The Balaban J connectivity index is 1.78. The van der Waals surface area contributed by atoms with Gasteiger partial charge in [0.25, 0.3) is 0 Å². The van der Waals surface area contributed by atoms with Gasteiger partial charge in [-0.2, -0.15) is 0 Å². The van der Waals surface area contributed by atoms with Crippen LogP contribution in [-0.4, -0.2) is 34.6 Å². The van der Waals surface area contributed by atoms with Crippen LogP contribution in [0, 0.1) is 6.92 Å². The van der Waals surface area contributed by atoms with E-state index in [1.165, 1.54) is 44.4 Å². The molecule has 0 N–H and O–H groups in total. The summed E-state index contributed by atoms with van der Waals surface area (Å²) >= 11 is 0. The van der Waals surface area contributed by atoms with Crippen LogP contribution in [0.25, 0.3) is 22.7 Å². The molecule has 2 aromatic heterocycles. The van der Waals surface area contributed by atoms with Crippen molar-refractivity contribution in [2.24, 2.45) is 0 Å². The fraction of sp³-hybridized carbons (Fsp3) is 0.222. The molecule has 0 aliphatic carbocycles. The molecule has 0 atom stereocenters. The molecule has 2 aromatic carbocycles. The van der Waals surface area contributed by atoms with Crippen molar-refractivity contribution in [2.75, 3.05) is 20.1 Å². The van der Waals surface area contributed by atoms with E-state index in [2.05, 4.69) is 95.3 Å². The number of likely N-dealkylation sites (N-methyl/N-ethyl adjacent to an activating group) is 1. The van der Waals surface area contributed by atoms with E-state index in [0.717, 1.165) is 25.9 Å². The zero-order chi connectivity index (χ0) is 20.5. The Morgan fingerprint density at radius 1 is 0.900 bits per heavy atom. The number of benzene rings is 2. The summed E-state index contributed by atoms with van der Waals surface area (Å²) in [6.07, 6.45) is 8.25. The zero-order valence-electron chi connectivity index (χ0n) is 17.7. The van der Waals surface area contributed by atoms with E-state index in [1.54, 1.807) is 0 Å². The quantitative estimate of drug-likeness (QED) is 0.463. The maximum absolute atomic E-state index is 4.23. The number of rotatable bonds is 3. The van der Waals surface area contributed by atoms with Crippen molar-refractivity contribution in [3.05, 3.63) is 101 Å². The second-order valence-electron chi connectivity index (χ2n) is 8.26. The molecule has 1 aliphatic heterocycles.